The first-order chi connectivity index (χ1) is 21.5. The maximum atomic E-state index is 12.9. The number of hydrogen-bond acceptors (Lipinski definition) is 4. The van der Waals surface area contributed by atoms with Crippen LogP contribution in [0.5, 0.6) is 0 Å². The van der Waals surface area contributed by atoms with Crippen LogP contribution in [0.1, 0.15) is 35.6 Å². The molecule has 44 heavy (non-hydrogen) atoms. The third-order valence-electron chi connectivity index (χ3n) is 8.15. The minimum atomic E-state index is -0.275. The molecule has 228 valence electrons. The van der Waals surface area contributed by atoms with E-state index in [0.717, 1.165) is 37.0 Å². The number of hydrogen-bond donors (Lipinski definition) is 0. The lowest BCUT2D eigenvalue weighted by Gasteiger charge is -2.32. The number of imidazole rings is 1. The van der Waals surface area contributed by atoms with E-state index in [1.54, 1.807) is 9.47 Å². The summed E-state index contributed by atoms with van der Waals surface area (Å²) in [5.41, 5.74) is 5.67. The highest BCUT2D eigenvalue weighted by Gasteiger charge is 2.27. The first-order valence-corrected chi connectivity index (χ1v) is 15.4. The molecule has 5 aromatic rings. The number of piperidine rings is 1. The van der Waals surface area contributed by atoms with E-state index in [0.29, 0.717) is 26.2 Å². The first-order valence-electron chi connectivity index (χ1n) is 15.4. The van der Waals surface area contributed by atoms with Gasteiger partial charge in [0.05, 0.1) is 11.0 Å². The zero-order valence-electron chi connectivity index (χ0n) is 25.7. The fourth-order valence-corrected chi connectivity index (χ4v) is 5.76. The Bertz CT molecular complexity index is 1620. The van der Waals surface area contributed by atoms with Gasteiger partial charge < -0.3 is 9.64 Å². The Hall–Kier alpha value is -4.62. The molecule has 0 spiro atoms. The number of likely N-dealkylation sites (tertiary alicyclic amines) is 1. The van der Waals surface area contributed by atoms with Gasteiger partial charge in [0.25, 0.3) is 0 Å². The summed E-state index contributed by atoms with van der Waals surface area (Å²) in [6.45, 7) is 5.81. The lowest BCUT2D eigenvalue weighted by atomic mass is 10.0. The predicted molar refractivity (Wildman–Crippen MR) is 177 cm³/mol. The van der Waals surface area contributed by atoms with E-state index in [1.165, 1.54) is 16.7 Å². The summed E-state index contributed by atoms with van der Waals surface area (Å²) in [7, 11) is 1.81. The summed E-state index contributed by atoms with van der Waals surface area (Å²) in [6, 6.07) is 38.9. The van der Waals surface area contributed by atoms with Crippen LogP contribution in [-0.2, 0) is 24.9 Å². The van der Waals surface area contributed by atoms with Crippen LogP contribution in [0.2, 0.25) is 0 Å². The van der Waals surface area contributed by atoms with E-state index in [9.17, 15) is 9.59 Å². The number of fused-ring (bicyclic) bond motifs is 1. The molecular formula is C37H42N4O3. The second-order valence-corrected chi connectivity index (χ2v) is 11.4. The van der Waals surface area contributed by atoms with E-state index in [-0.39, 0.29) is 17.8 Å². The Morgan fingerprint density at radius 3 is 1.77 bits per heavy atom. The highest BCUT2D eigenvalue weighted by atomic mass is 16.6. The lowest BCUT2D eigenvalue weighted by Crippen LogP contribution is -2.41. The Kier molecular flexibility index (Phi) is 10.7. The molecule has 6 rings (SSSR count). The van der Waals surface area contributed by atoms with Crippen LogP contribution in [0.15, 0.2) is 120 Å². The molecule has 0 aliphatic carbocycles. The van der Waals surface area contributed by atoms with Gasteiger partial charge in [0, 0.05) is 45.8 Å². The maximum absolute atomic E-state index is 12.9. The fraction of sp³-hybridized carbons (Fsp3) is 0.297. The van der Waals surface area contributed by atoms with E-state index >= 15 is 0 Å². The average Bonchev–Trinajstić information content (AvgIpc) is 3.32. The summed E-state index contributed by atoms with van der Waals surface area (Å²) in [5, 5.41) is 0. The van der Waals surface area contributed by atoms with Crippen LogP contribution in [0.3, 0.4) is 0 Å². The van der Waals surface area contributed by atoms with Gasteiger partial charge >= 0.3 is 11.8 Å². The normalized spacial score (nSPS) is 13.5. The minimum absolute atomic E-state index is 0.000787. The van der Waals surface area contributed by atoms with Crippen molar-refractivity contribution < 1.29 is 9.53 Å². The summed E-state index contributed by atoms with van der Waals surface area (Å²) >= 11 is 0. The fourth-order valence-electron chi connectivity index (χ4n) is 5.76. The number of ether oxygens (including phenoxy) is 1. The average molecular weight is 591 g/mol. The van der Waals surface area contributed by atoms with Crippen LogP contribution in [0, 0.1) is 6.92 Å². The van der Waals surface area contributed by atoms with Gasteiger partial charge in [-0.1, -0.05) is 109 Å². The van der Waals surface area contributed by atoms with Gasteiger partial charge in [0.2, 0.25) is 0 Å². The maximum Gasteiger partial charge on any atom is 0.409 e. The molecule has 0 bridgehead atoms. The van der Waals surface area contributed by atoms with Crippen molar-refractivity contribution in [2.75, 3.05) is 26.2 Å². The number of rotatable bonds is 8. The van der Waals surface area contributed by atoms with Gasteiger partial charge in [0.15, 0.2) is 0 Å². The number of aryl methyl sites for hydroxylation is 2. The molecule has 1 aliphatic rings. The number of nitrogens with zero attached hydrogens (tertiary/aromatic N) is 4. The third-order valence-corrected chi connectivity index (χ3v) is 8.15. The number of amides is 1. The number of carbonyl (C=O) groups excluding carboxylic acids is 1. The summed E-state index contributed by atoms with van der Waals surface area (Å²) in [5.74, 6) is 0. The van der Waals surface area contributed by atoms with Crippen molar-refractivity contribution >= 4 is 17.1 Å². The molecule has 7 heteroatoms. The van der Waals surface area contributed by atoms with Gasteiger partial charge in [-0.15, -0.1) is 0 Å². The smallest absolute Gasteiger partial charge is 0.409 e. The molecule has 4 aromatic carbocycles. The van der Waals surface area contributed by atoms with E-state index in [2.05, 4.69) is 48.2 Å². The van der Waals surface area contributed by atoms with Crippen LogP contribution in [0.25, 0.3) is 11.0 Å². The lowest BCUT2D eigenvalue weighted by molar-refractivity contribution is 0.0769. The largest absolute Gasteiger partial charge is 0.448 e. The molecule has 0 saturated carbocycles. The number of benzene rings is 4. The van der Waals surface area contributed by atoms with Crippen molar-refractivity contribution in [3.63, 3.8) is 0 Å². The highest BCUT2D eigenvalue weighted by Crippen LogP contribution is 2.26. The summed E-state index contributed by atoms with van der Waals surface area (Å²) in [6.07, 6.45) is 1.19. The monoisotopic (exact) mass is 590 g/mol. The zero-order valence-corrected chi connectivity index (χ0v) is 25.7. The van der Waals surface area contributed by atoms with Crippen LogP contribution in [-0.4, -0.2) is 51.3 Å². The molecule has 1 fully saturated rings. The molecule has 0 N–H and O–H groups in total. The van der Waals surface area contributed by atoms with Crippen molar-refractivity contribution in [3.05, 3.63) is 142 Å². The quantitative estimate of drug-likeness (QED) is 0.199. The molecule has 0 unspecified atom stereocenters. The number of carbonyl (C=O) groups is 1. The van der Waals surface area contributed by atoms with Crippen LogP contribution in [0.4, 0.5) is 4.79 Å². The molecule has 1 saturated heterocycles. The number of aromatic nitrogens is 2. The van der Waals surface area contributed by atoms with Gasteiger partial charge in [-0.05, 0) is 43.0 Å². The highest BCUT2D eigenvalue weighted by molar-refractivity contribution is 5.76. The Morgan fingerprint density at radius 2 is 1.25 bits per heavy atom. The zero-order chi connectivity index (χ0) is 30.7. The second-order valence-electron chi connectivity index (χ2n) is 11.4. The van der Waals surface area contributed by atoms with Gasteiger partial charge in [-0.3, -0.25) is 14.0 Å². The third kappa shape index (κ3) is 8.05. The molecule has 0 radical (unpaired) electrons. The molecule has 1 aromatic heterocycles. The van der Waals surface area contributed by atoms with Gasteiger partial charge in [-0.2, -0.15) is 0 Å². The Morgan fingerprint density at radius 1 is 0.750 bits per heavy atom. The SMILES string of the molecule is Cc1ccccc1.Cn1c(=O)n(C2CCN(C(=O)OCCN(Cc3ccccc3)Cc3ccccc3)CC2)c2ccccc21. The molecule has 7 nitrogen and oxygen atoms in total. The van der Waals surface area contributed by atoms with Crippen molar-refractivity contribution in [3.8, 4) is 0 Å². The van der Waals surface area contributed by atoms with Crippen LogP contribution < -0.4 is 5.69 Å². The topological polar surface area (TPSA) is 59.7 Å². The van der Waals surface area contributed by atoms with Gasteiger partial charge in [0.1, 0.15) is 6.61 Å². The predicted octanol–water partition coefficient (Wildman–Crippen LogP) is 6.81. The molecule has 1 amide bonds. The first kappa shape index (κ1) is 30.8. The minimum Gasteiger partial charge on any atom is -0.448 e. The molecular weight excluding hydrogens is 548 g/mol. The Balaban J connectivity index is 0.000000484. The standard InChI is InChI=1S/C30H34N4O3.C7H8/c1-31-27-14-8-9-15-28(27)34(29(31)35)26-16-18-33(19-17-26)30(36)37-21-20-32(22-24-10-4-2-5-11-24)23-25-12-6-3-7-13-25;1-7-5-3-2-4-6-7/h2-15,26H,16-23H2,1H3;2-6H,1H3. The summed E-state index contributed by atoms with van der Waals surface area (Å²) < 4.78 is 9.29. The number of para-hydroxylation sites is 2. The molecule has 2 heterocycles. The molecule has 1 aliphatic heterocycles. The van der Waals surface area contributed by atoms with Gasteiger partial charge in [-0.25, -0.2) is 9.59 Å². The molecule has 0 atom stereocenters. The van der Waals surface area contributed by atoms with Crippen molar-refractivity contribution in [1.82, 2.24) is 18.9 Å². The second kappa shape index (κ2) is 15.2. The van der Waals surface area contributed by atoms with Crippen molar-refractivity contribution in [1.29, 1.82) is 0 Å². The van der Waals surface area contributed by atoms with Crippen molar-refractivity contribution in [2.24, 2.45) is 7.05 Å². The van der Waals surface area contributed by atoms with Crippen LogP contribution >= 0.6 is 0 Å². The van der Waals surface area contributed by atoms with E-state index in [1.807, 2.05) is 90.5 Å². The van der Waals surface area contributed by atoms with E-state index < -0.39 is 0 Å². The Labute approximate surface area is 259 Å². The van der Waals surface area contributed by atoms with E-state index in [4.69, 9.17) is 4.74 Å². The summed E-state index contributed by atoms with van der Waals surface area (Å²) in [4.78, 5) is 29.8. The van der Waals surface area contributed by atoms with Crippen molar-refractivity contribution in [2.45, 2.75) is 38.9 Å².